The number of ether oxygens (including phenoxy) is 1. The molecule has 0 radical (unpaired) electrons. The Morgan fingerprint density at radius 3 is 2.71 bits per heavy atom. The van der Waals surface area contributed by atoms with Crippen molar-refractivity contribution >= 4 is 5.97 Å². The quantitative estimate of drug-likeness (QED) is 0.835. The van der Waals surface area contributed by atoms with E-state index in [9.17, 15) is 9.90 Å². The SMILES string of the molecule is COc1cc(C(=O)O)nn1-c1ccccc1O. The van der Waals surface area contributed by atoms with E-state index in [-0.39, 0.29) is 17.3 Å². The highest BCUT2D eigenvalue weighted by molar-refractivity contribution is 5.85. The standard InChI is InChI=1S/C11H10N2O4/c1-17-10-6-7(11(15)16)12-13(10)8-4-2-3-5-9(8)14/h2-6,14H,1H3,(H,15,16). The summed E-state index contributed by atoms with van der Waals surface area (Å²) in [5, 5.41) is 22.4. The van der Waals surface area contributed by atoms with E-state index >= 15 is 0 Å². The molecule has 88 valence electrons. The summed E-state index contributed by atoms with van der Waals surface area (Å²) in [5.74, 6) is -0.924. The minimum Gasteiger partial charge on any atom is -0.506 e. The molecule has 0 spiro atoms. The largest absolute Gasteiger partial charge is 0.506 e. The van der Waals surface area contributed by atoms with Crippen LogP contribution in [0.4, 0.5) is 0 Å². The Kier molecular flexibility index (Phi) is 2.70. The van der Waals surface area contributed by atoms with Crippen LogP contribution in [0.25, 0.3) is 5.69 Å². The van der Waals surface area contributed by atoms with Gasteiger partial charge < -0.3 is 14.9 Å². The number of benzene rings is 1. The lowest BCUT2D eigenvalue weighted by atomic mass is 10.3. The summed E-state index contributed by atoms with van der Waals surface area (Å²) >= 11 is 0. The van der Waals surface area contributed by atoms with Crippen LogP contribution in [-0.2, 0) is 0 Å². The molecule has 2 rings (SSSR count). The molecule has 0 saturated heterocycles. The predicted molar refractivity (Wildman–Crippen MR) is 58.7 cm³/mol. The number of phenolic OH excluding ortho intramolecular Hbond substituents is 1. The molecule has 1 heterocycles. The molecule has 1 aromatic carbocycles. The Hall–Kier alpha value is -2.50. The first kappa shape index (κ1) is 11.0. The van der Waals surface area contributed by atoms with Gasteiger partial charge in [-0.3, -0.25) is 0 Å². The number of aromatic nitrogens is 2. The molecule has 6 nitrogen and oxygen atoms in total. The van der Waals surface area contributed by atoms with Crippen LogP contribution in [-0.4, -0.2) is 33.1 Å². The maximum absolute atomic E-state index is 10.8. The van der Waals surface area contributed by atoms with Crippen molar-refractivity contribution in [3.05, 3.63) is 36.0 Å². The van der Waals surface area contributed by atoms with E-state index in [2.05, 4.69) is 5.10 Å². The minimum atomic E-state index is -1.16. The Morgan fingerprint density at radius 1 is 1.41 bits per heavy atom. The fourth-order valence-corrected chi connectivity index (χ4v) is 1.43. The second-order valence-electron chi connectivity index (χ2n) is 3.28. The molecule has 0 atom stereocenters. The van der Waals surface area contributed by atoms with Crippen molar-refractivity contribution in [2.24, 2.45) is 0 Å². The number of methoxy groups -OCH3 is 1. The zero-order valence-corrected chi connectivity index (χ0v) is 8.99. The summed E-state index contributed by atoms with van der Waals surface area (Å²) < 4.78 is 6.25. The second kappa shape index (κ2) is 4.17. The monoisotopic (exact) mass is 234 g/mol. The number of carboxylic acid groups (broad SMARTS) is 1. The van der Waals surface area contributed by atoms with Crippen LogP contribution in [0.15, 0.2) is 30.3 Å². The lowest BCUT2D eigenvalue weighted by molar-refractivity contribution is 0.0690. The zero-order valence-electron chi connectivity index (χ0n) is 8.99. The summed E-state index contributed by atoms with van der Waals surface area (Å²) in [4.78, 5) is 10.8. The summed E-state index contributed by atoms with van der Waals surface area (Å²) in [7, 11) is 1.40. The molecule has 17 heavy (non-hydrogen) atoms. The number of rotatable bonds is 3. The van der Waals surface area contributed by atoms with Gasteiger partial charge in [-0.05, 0) is 12.1 Å². The van der Waals surface area contributed by atoms with Gasteiger partial charge in [0, 0.05) is 6.07 Å². The summed E-state index contributed by atoms with van der Waals surface area (Å²) in [6.45, 7) is 0. The highest BCUT2D eigenvalue weighted by Gasteiger charge is 2.16. The van der Waals surface area contributed by atoms with E-state index in [4.69, 9.17) is 9.84 Å². The van der Waals surface area contributed by atoms with Crippen molar-refractivity contribution in [3.63, 3.8) is 0 Å². The first-order valence-electron chi connectivity index (χ1n) is 4.79. The minimum absolute atomic E-state index is 0.00848. The van der Waals surface area contributed by atoms with Crippen LogP contribution in [0.3, 0.4) is 0 Å². The van der Waals surface area contributed by atoms with Gasteiger partial charge in [0.15, 0.2) is 5.69 Å². The van der Waals surface area contributed by atoms with Gasteiger partial charge in [-0.15, -0.1) is 0 Å². The van der Waals surface area contributed by atoms with Crippen molar-refractivity contribution < 1.29 is 19.7 Å². The van der Waals surface area contributed by atoms with Gasteiger partial charge >= 0.3 is 5.97 Å². The van der Waals surface area contributed by atoms with E-state index in [1.54, 1.807) is 18.2 Å². The van der Waals surface area contributed by atoms with Gasteiger partial charge in [-0.25, -0.2) is 4.79 Å². The molecule has 6 heteroatoms. The number of carboxylic acids is 1. The first-order valence-corrected chi connectivity index (χ1v) is 4.79. The van der Waals surface area contributed by atoms with Crippen LogP contribution < -0.4 is 4.74 Å². The molecule has 2 aromatic rings. The fourth-order valence-electron chi connectivity index (χ4n) is 1.43. The van der Waals surface area contributed by atoms with Gasteiger partial charge in [-0.2, -0.15) is 9.78 Å². The third-order valence-corrected chi connectivity index (χ3v) is 2.21. The molecule has 2 N–H and O–H groups in total. The van der Waals surface area contributed by atoms with Crippen molar-refractivity contribution in [2.75, 3.05) is 7.11 Å². The molecule has 0 fully saturated rings. The number of hydrogen-bond donors (Lipinski definition) is 2. The van der Waals surface area contributed by atoms with E-state index in [1.807, 2.05) is 0 Å². The number of aromatic hydroxyl groups is 1. The van der Waals surface area contributed by atoms with Crippen LogP contribution in [0.2, 0.25) is 0 Å². The highest BCUT2D eigenvalue weighted by atomic mass is 16.5. The fraction of sp³-hybridized carbons (Fsp3) is 0.0909. The Morgan fingerprint density at radius 2 is 2.12 bits per heavy atom. The number of hydrogen-bond acceptors (Lipinski definition) is 4. The van der Waals surface area contributed by atoms with Gasteiger partial charge in [0.2, 0.25) is 5.88 Å². The number of phenols is 1. The van der Waals surface area contributed by atoms with Crippen molar-refractivity contribution in [1.82, 2.24) is 9.78 Å². The third-order valence-electron chi connectivity index (χ3n) is 2.21. The number of para-hydroxylation sites is 2. The molecule has 0 amide bonds. The van der Waals surface area contributed by atoms with Crippen molar-refractivity contribution in [2.45, 2.75) is 0 Å². The van der Waals surface area contributed by atoms with E-state index in [0.29, 0.717) is 5.69 Å². The zero-order chi connectivity index (χ0) is 12.4. The molecule has 0 aliphatic rings. The van der Waals surface area contributed by atoms with Crippen LogP contribution in [0.5, 0.6) is 11.6 Å². The Labute approximate surface area is 96.7 Å². The highest BCUT2D eigenvalue weighted by Crippen LogP contribution is 2.25. The van der Waals surface area contributed by atoms with Crippen LogP contribution in [0.1, 0.15) is 10.5 Å². The van der Waals surface area contributed by atoms with Gasteiger partial charge in [0.05, 0.1) is 7.11 Å². The van der Waals surface area contributed by atoms with E-state index in [0.717, 1.165) is 0 Å². The lowest BCUT2D eigenvalue weighted by Crippen LogP contribution is -2.02. The average molecular weight is 234 g/mol. The maximum Gasteiger partial charge on any atom is 0.356 e. The molecule has 0 aliphatic heterocycles. The number of aromatic carboxylic acids is 1. The van der Waals surface area contributed by atoms with Crippen molar-refractivity contribution in [3.8, 4) is 17.3 Å². The topological polar surface area (TPSA) is 84.6 Å². The molecule has 1 aromatic heterocycles. The molecular weight excluding hydrogens is 224 g/mol. The Balaban J connectivity index is 2.59. The molecular formula is C11H10N2O4. The summed E-state index contributed by atoms with van der Waals surface area (Å²) in [6, 6.07) is 7.74. The lowest BCUT2D eigenvalue weighted by Gasteiger charge is -2.06. The number of carbonyl (C=O) groups is 1. The molecule has 0 bridgehead atoms. The molecule has 0 saturated carbocycles. The summed E-state index contributed by atoms with van der Waals surface area (Å²) in [6.07, 6.45) is 0. The average Bonchev–Trinajstić information content (AvgIpc) is 2.73. The van der Waals surface area contributed by atoms with E-state index in [1.165, 1.54) is 23.9 Å². The third kappa shape index (κ3) is 1.92. The normalized spacial score (nSPS) is 10.2. The van der Waals surface area contributed by atoms with Gasteiger partial charge in [-0.1, -0.05) is 12.1 Å². The van der Waals surface area contributed by atoms with Crippen LogP contribution in [0, 0.1) is 0 Å². The first-order chi connectivity index (χ1) is 8.13. The van der Waals surface area contributed by atoms with Gasteiger partial charge in [0.25, 0.3) is 0 Å². The second-order valence-corrected chi connectivity index (χ2v) is 3.28. The smallest absolute Gasteiger partial charge is 0.356 e. The van der Waals surface area contributed by atoms with Crippen molar-refractivity contribution in [1.29, 1.82) is 0 Å². The van der Waals surface area contributed by atoms with E-state index < -0.39 is 5.97 Å². The molecule has 0 aliphatic carbocycles. The Bertz CT molecular complexity index is 562. The maximum atomic E-state index is 10.8. The summed E-state index contributed by atoms with van der Waals surface area (Å²) in [5.41, 5.74) is 0.210. The molecule has 0 unspecified atom stereocenters. The van der Waals surface area contributed by atoms with Crippen LogP contribution >= 0.6 is 0 Å². The van der Waals surface area contributed by atoms with Gasteiger partial charge in [0.1, 0.15) is 11.4 Å². The predicted octanol–water partition coefficient (Wildman–Crippen LogP) is 1.28. The number of nitrogens with zero attached hydrogens (tertiary/aromatic N) is 2.